The fourth-order valence-corrected chi connectivity index (χ4v) is 4.93. The third kappa shape index (κ3) is 5.43. The Kier molecular flexibility index (Phi) is 7.71. The highest BCUT2D eigenvalue weighted by Crippen LogP contribution is 2.37. The summed E-state index contributed by atoms with van der Waals surface area (Å²) in [5.74, 6) is -0.914. The van der Waals surface area contributed by atoms with Gasteiger partial charge in [-0.25, -0.2) is 9.59 Å². The Bertz CT molecular complexity index is 1630. The van der Waals surface area contributed by atoms with Crippen molar-refractivity contribution in [3.8, 4) is 33.4 Å². The lowest BCUT2D eigenvalue weighted by atomic mass is 9.78. The number of esters is 2. The van der Waals surface area contributed by atoms with Gasteiger partial charge in [-0.3, -0.25) is 0 Å². The molecule has 8 heteroatoms. The largest absolute Gasteiger partial charge is 0.494 e. The normalized spacial score (nSPS) is 15.3. The quantitative estimate of drug-likeness (QED) is 0.171. The summed E-state index contributed by atoms with van der Waals surface area (Å²) >= 11 is 0. The number of benzene rings is 4. The van der Waals surface area contributed by atoms with Crippen LogP contribution in [0.5, 0.6) is 0 Å². The van der Waals surface area contributed by atoms with Crippen LogP contribution < -0.4 is 11.2 Å². The second kappa shape index (κ2) is 11.1. The predicted molar refractivity (Wildman–Crippen MR) is 166 cm³/mol. The molecule has 0 aromatic heterocycles. The summed E-state index contributed by atoms with van der Waals surface area (Å²) in [5.41, 5.74) is 12.3. The molecular weight excluding hydrogens is 529 g/mol. The van der Waals surface area contributed by atoms with Gasteiger partial charge in [-0.05, 0) is 84.7 Å². The molecular formula is C34H34BNO6. The average Bonchev–Trinajstić information content (AvgIpc) is 3.22. The summed E-state index contributed by atoms with van der Waals surface area (Å²) in [4.78, 5) is 25.0. The molecule has 0 saturated carbocycles. The van der Waals surface area contributed by atoms with Crippen molar-refractivity contribution in [1.82, 2.24) is 0 Å². The predicted octanol–water partition coefficient (Wildman–Crippen LogP) is 6.14. The third-order valence-electron chi connectivity index (χ3n) is 8.18. The fraction of sp³-hybridized carbons (Fsp3) is 0.235. The van der Waals surface area contributed by atoms with Crippen molar-refractivity contribution in [2.75, 3.05) is 20.0 Å². The van der Waals surface area contributed by atoms with E-state index in [0.717, 1.165) is 38.8 Å². The Balaban J connectivity index is 1.43. The van der Waals surface area contributed by atoms with E-state index in [1.807, 2.05) is 100 Å². The van der Waals surface area contributed by atoms with Crippen LogP contribution in [0.2, 0.25) is 0 Å². The molecule has 1 aliphatic rings. The van der Waals surface area contributed by atoms with E-state index in [-0.39, 0.29) is 0 Å². The van der Waals surface area contributed by atoms with Crippen LogP contribution in [0.15, 0.2) is 84.9 Å². The average molecular weight is 563 g/mol. The molecule has 214 valence electrons. The molecule has 0 atom stereocenters. The van der Waals surface area contributed by atoms with Crippen molar-refractivity contribution in [3.63, 3.8) is 0 Å². The number of nitrogens with two attached hydrogens (primary N) is 1. The van der Waals surface area contributed by atoms with Gasteiger partial charge in [0.05, 0.1) is 36.5 Å². The van der Waals surface area contributed by atoms with Crippen molar-refractivity contribution in [2.24, 2.45) is 0 Å². The number of hydrogen-bond donors (Lipinski definition) is 1. The number of nitrogen functional groups attached to an aromatic ring is 1. The van der Waals surface area contributed by atoms with Gasteiger partial charge in [-0.15, -0.1) is 0 Å². The summed E-state index contributed by atoms with van der Waals surface area (Å²) in [7, 11) is 2.26. The van der Waals surface area contributed by atoms with Crippen LogP contribution in [0, 0.1) is 0 Å². The zero-order chi connectivity index (χ0) is 30.2. The maximum atomic E-state index is 12.9. The van der Waals surface area contributed by atoms with Crippen LogP contribution in [-0.2, 0) is 18.8 Å². The molecule has 1 saturated heterocycles. The van der Waals surface area contributed by atoms with Gasteiger partial charge in [-0.1, -0.05) is 66.7 Å². The van der Waals surface area contributed by atoms with Crippen LogP contribution in [0.1, 0.15) is 48.4 Å². The first-order valence-corrected chi connectivity index (χ1v) is 13.7. The van der Waals surface area contributed by atoms with Gasteiger partial charge in [-0.2, -0.15) is 0 Å². The number of rotatable bonds is 6. The van der Waals surface area contributed by atoms with Crippen molar-refractivity contribution in [3.05, 3.63) is 96.1 Å². The topological polar surface area (TPSA) is 97.1 Å². The Morgan fingerprint density at radius 2 is 1.05 bits per heavy atom. The first-order valence-electron chi connectivity index (χ1n) is 13.7. The molecule has 1 fully saturated rings. The maximum absolute atomic E-state index is 12.9. The molecule has 4 aromatic rings. The van der Waals surface area contributed by atoms with Gasteiger partial charge in [0.25, 0.3) is 0 Å². The van der Waals surface area contributed by atoms with E-state index in [1.54, 1.807) is 12.1 Å². The van der Waals surface area contributed by atoms with E-state index >= 15 is 0 Å². The van der Waals surface area contributed by atoms with E-state index in [9.17, 15) is 9.59 Å². The number of methoxy groups -OCH3 is 2. The van der Waals surface area contributed by atoms with E-state index in [4.69, 9.17) is 24.5 Å². The molecule has 0 unspecified atom stereocenters. The number of anilines is 1. The van der Waals surface area contributed by atoms with Gasteiger partial charge in [0, 0.05) is 5.69 Å². The van der Waals surface area contributed by atoms with Gasteiger partial charge in [0.1, 0.15) is 0 Å². The molecule has 1 heterocycles. The van der Waals surface area contributed by atoms with Crippen LogP contribution in [0.25, 0.3) is 33.4 Å². The number of carbonyl (C=O) groups is 2. The maximum Gasteiger partial charge on any atom is 0.494 e. The Morgan fingerprint density at radius 3 is 1.60 bits per heavy atom. The van der Waals surface area contributed by atoms with E-state index < -0.39 is 30.3 Å². The summed E-state index contributed by atoms with van der Waals surface area (Å²) in [5, 5.41) is 0. The van der Waals surface area contributed by atoms with Gasteiger partial charge < -0.3 is 24.5 Å². The molecule has 4 aromatic carbocycles. The highest BCUT2D eigenvalue weighted by molar-refractivity contribution is 6.62. The molecule has 0 bridgehead atoms. The van der Waals surface area contributed by atoms with Crippen molar-refractivity contribution >= 4 is 30.2 Å². The molecule has 5 rings (SSSR count). The van der Waals surface area contributed by atoms with Gasteiger partial charge >= 0.3 is 19.1 Å². The number of hydrogen-bond acceptors (Lipinski definition) is 7. The molecule has 2 N–H and O–H groups in total. The standard InChI is InChI=1S/C34H34BNO6/c1-33(2)34(3,4)42-35(41-33)26-15-11-22(12-16-26)24-13-17-27(28(19-24)31(37)39-5)23-9-7-21(8-10-23)25-14-18-30(36)29(20-25)32(38)40-6/h7-20H,36H2,1-6H3. The minimum atomic E-state index is -0.489. The molecule has 0 aliphatic carbocycles. The molecule has 0 amide bonds. The van der Waals surface area contributed by atoms with Crippen molar-refractivity contribution in [1.29, 1.82) is 0 Å². The summed E-state index contributed by atoms with van der Waals surface area (Å²) in [6.45, 7) is 8.13. The van der Waals surface area contributed by atoms with Crippen molar-refractivity contribution < 1.29 is 28.4 Å². The number of carbonyl (C=O) groups excluding carboxylic acids is 2. The molecule has 7 nitrogen and oxygen atoms in total. The Labute approximate surface area is 246 Å². The molecule has 42 heavy (non-hydrogen) atoms. The van der Waals surface area contributed by atoms with E-state index in [1.165, 1.54) is 14.2 Å². The third-order valence-corrected chi connectivity index (χ3v) is 8.18. The van der Waals surface area contributed by atoms with Gasteiger partial charge in [0.15, 0.2) is 0 Å². The van der Waals surface area contributed by atoms with E-state index in [0.29, 0.717) is 16.8 Å². The highest BCUT2D eigenvalue weighted by Gasteiger charge is 2.51. The smallest absolute Gasteiger partial charge is 0.465 e. The van der Waals surface area contributed by atoms with Crippen molar-refractivity contribution in [2.45, 2.75) is 38.9 Å². The minimum absolute atomic E-state index is 0.312. The van der Waals surface area contributed by atoms with Crippen LogP contribution in [0.4, 0.5) is 5.69 Å². The lowest BCUT2D eigenvalue weighted by molar-refractivity contribution is 0.00578. The van der Waals surface area contributed by atoms with Crippen LogP contribution >= 0.6 is 0 Å². The van der Waals surface area contributed by atoms with Crippen LogP contribution in [0.3, 0.4) is 0 Å². The Morgan fingerprint density at radius 1 is 0.619 bits per heavy atom. The lowest BCUT2D eigenvalue weighted by Crippen LogP contribution is -2.41. The molecule has 1 aliphatic heterocycles. The zero-order valence-electron chi connectivity index (χ0n) is 24.7. The summed E-state index contributed by atoms with van der Waals surface area (Å²) < 4.78 is 22.3. The Hall–Kier alpha value is -4.40. The lowest BCUT2D eigenvalue weighted by Gasteiger charge is -2.32. The molecule has 0 spiro atoms. The zero-order valence-corrected chi connectivity index (χ0v) is 24.7. The van der Waals surface area contributed by atoms with Crippen LogP contribution in [-0.4, -0.2) is 44.5 Å². The summed E-state index contributed by atoms with van der Waals surface area (Å²) in [6, 6.07) is 26.7. The first-order chi connectivity index (χ1) is 19.9. The van der Waals surface area contributed by atoms with E-state index in [2.05, 4.69) is 0 Å². The molecule has 0 radical (unpaired) electrons. The monoisotopic (exact) mass is 563 g/mol. The van der Waals surface area contributed by atoms with Gasteiger partial charge in [0.2, 0.25) is 0 Å². The second-order valence-corrected chi connectivity index (χ2v) is 11.3. The number of ether oxygens (including phenoxy) is 2. The SMILES string of the molecule is COC(=O)c1cc(-c2ccc(-c3ccc(-c4ccc(B5OC(C)(C)C(C)(C)O5)cc4)cc3C(=O)OC)cc2)ccc1N. The summed E-state index contributed by atoms with van der Waals surface area (Å²) in [6.07, 6.45) is 0. The minimum Gasteiger partial charge on any atom is -0.465 e. The highest BCUT2D eigenvalue weighted by atomic mass is 16.7. The first kappa shape index (κ1) is 29.1. The fourth-order valence-electron chi connectivity index (χ4n) is 4.93. The second-order valence-electron chi connectivity index (χ2n) is 11.3.